The summed E-state index contributed by atoms with van der Waals surface area (Å²) >= 11 is 0. The Balaban J connectivity index is 1.84. The van der Waals surface area contributed by atoms with Gasteiger partial charge < -0.3 is 9.47 Å². The van der Waals surface area contributed by atoms with Gasteiger partial charge in [0.15, 0.2) is 11.5 Å². The zero-order valence-electron chi connectivity index (χ0n) is 12.2. The minimum Gasteiger partial charge on any atom is -0.493 e. The standard InChI is InChI=1S/C16H22N2O2/c1-3-12-4-7-15(16(10-12)19-2)20-9-8-14(11-17)18-13-5-6-13/h4,7,10,13-14,18H,3,5-6,8-9H2,1-2H3. The minimum absolute atomic E-state index is 0.122. The number of benzene rings is 1. The van der Waals surface area contributed by atoms with Gasteiger partial charge in [-0.3, -0.25) is 5.32 Å². The molecule has 2 rings (SSSR count). The van der Waals surface area contributed by atoms with E-state index in [0.717, 1.165) is 17.9 Å². The molecular weight excluding hydrogens is 252 g/mol. The molecule has 1 atom stereocenters. The first-order chi connectivity index (χ1) is 9.76. The van der Waals surface area contributed by atoms with E-state index >= 15 is 0 Å². The third kappa shape index (κ3) is 4.14. The number of ether oxygens (including phenoxy) is 2. The topological polar surface area (TPSA) is 54.3 Å². The van der Waals surface area contributed by atoms with Crippen LogP contribution in [0.15, 0.2) is 18.2 Å². The van der Waals surface area contributed by atoms with Gasteiger partial charge in [-0.15, -0.1) is 0 Å². The van der Waals surface area contributed by atoms with Gasteiger partial charge in [0.05, 0.1) is 25.8 Å². The van der Waals surface area contributed by atoms with E-state index in [0.29, 0.717) is 19.1 Å². The molecule has 108 valence electrons. The first kappa shape index (κ1) is 14.7. The van der Waals surface area contributed by atoms with Crippen LogP contribution < -0.4 is 14.8 Å². The van der Waals surface area contributed by atoms with Crippen LogP contribution in [0.3, 0.4) is 0 Å². The van der Waals surface area contributed by atoms with Crippen molar-refractivity contribution in [1.29, 1.82) is 5.26 Å². The average Bonchev–Trinajstić information content (AvgIpc) is 3.30. The Morgan fingerprint density at radius 1 is 1.40 bits per heavy atom. The Morgan fingerprint density at radius 3 is 2.80 bits per heavy atom. The molecule has 1 aliphatic carbocycles. The monoisotopic (exact) mass is 274 g/mol. The number of nitrogens with one attached hydrogen (secondary N) is 1. The van der Waals surface area contributed by atoms with Gasteiger partial charge in [0, 0.05) is 12.5 Å². The average molecular weight is 274 g/mol. The Bertz CT molecular complexity index is 478. The lowest BCUT2D eigenvalue weighted by molar-refractivity contribution is 0.279. The van der Waals surface area contributed by atoms with Crippen molar-refractivity contribution in [2.75, 3.05) is 13.7 Å². The second-order valence-electron chi connectivity index (χ2n) is 5.10. The fraction of sp³-hybridized carbons (Fsp3) is 0.562. The lowest BCUT2D eigenvalue weighted by atomic mass is 10.1. The van der Waals surface area contributed by atoms with E-state index in [4.69, 9.17) is 14.7 Å². The van der Waals surface area contributed by atoms with Crippen LogP contribution in [0, 0.1) is 11.3 Å². The number of aryl methyl sites for hydroxylation is 1. The molecule has 0 amide bonds. The highest BCUT2D eigenvalue weighted by molar-refractivity contribution is 5.42. The molecule has 4 nitrogen and oxygen atoms in total. The molecule has 4 heteroatoms. The van der Waals surface area contributed by atoms with Crippen molar-refractivity contribution in [2.24, 2.45) is 0 Å². The molecule has 0 saturated heterocycles. The highest BCUT2D eigenvalue weighted by atomic mass is 16.5. The highest BCUT2D eigenvalue weighted by Crippen LogP contribution is 2.28. The zero-order valence-corrected chi connectivity index (χ0v) is 12.2. The molecule has 1 aromatic carbocycles. The molecule has 0 radical (unpaired) electrons. The van der Waals surface area contributed by atoms with Crippen LogP contribution in [-0.4, -0.2) is 25.8 Å². The van der Waals surface area contributed by atoms with Crippen molar-refractivity contribution in [3.63, 3.8) is 0 Å². The first-order valence-corrected chi connectivity index (χ1v) is 7.22. The lowest BCUT2D eigenvalue weighted by Crippen LogP contribution is -2.31. The molecule has 0 spiro atoms. The Hall–Kier alpha value is -1.73. The summed E-state index contributed by atoms with van der Waals surface area (Å²) in [6, 6.07) is 8.68. The van der Waals surface area contributed by atoms with Gasteiger partial charge in [-0.1, -0.05) is 13.0 Å². The fourth-order valence-electron chi connectivity index (χ4n) is 2.06. The molecule has 1 N–H and O–H groups in total. The third-order valence-electron chi connectivity index (χ3n) is 3.47. The number of nitriles is 1. The predicted molar refractivity (Wildman–Crippen MR) is 78.0 cm³/mol. The quantitative estimate of drug-likeness (QED) is 0.792. The molecule has 1 unspecified atom stereocenters. The van der Waals surface area contributed by atoms with Crippen LogP contribution >= 0.6 is 0 Å². The van der Waals surface area contributed by atoms with E-state index < -0.39 is 0 Å². The van der Waals surface area contributed by atoms with E-state index in [-0.39, 0.29) is 6.04 Å². The number of methoxy groups -OCH3 is 1. The third-order valence-corrected chi connectivity index (χ3v) is 3.47. The number of hydrogen-bond acceptors (Lipinski definition) is 4. The summed E-state index contributed by atoms with van der Waals surface area (Å²) in [6.07, 6.45) is 4.03. The van der Waals surface area contributed by atoms with Gasteiger partial charge in [-0.2, -0.15) is 5.26 Å². The zero-order chi connectivity index (χ0) is 14.4. The van der Waals surface area contributed by atoms with E-state index in [1.165, 1.54) is 18.4 Å². The Morgan fingerprint density at radius 2 is 2.20 bits per heavy atom. The molecule has 0 heterocycles. The Kier molecular flexibility index (Phi) is 5.25. The molecule has 1 fully saturated rings. The van der Waals surface area contributed by atoms with Crippen molar-refractivity contribution in [2.45, 2.75) is 44.7 Å². The summed E-state index contributed by atoms with van der Waals surface area (Å²) in [7, 11) is 1.65. The summed E-state index contributed by atoms with van der Waals surface area (Å²) in [6.45, 7) is 2.62. The van der Waals surface area contributed by atoms with Crippen LogP contribution in [0.4, 0.5) is 0 Å². The normalized spacial score (nSPS) is 15.4. The Labute approximate surface area is 120 Å². The largest absolute Gasteiger partial charge is 0.493 e. The molecule has 1 aliphatic rings. The van der Waals surface area contributed by atoms with E-state index in [9.17, 15) is 0 Å². The van der Waals surface area contributed by atoms with Gasteiger partial charge in [-0.05, 0) is 37.0 Å². The summed E-state index contributed by atoms with van der Waals surface area (Å²) in [5.41, 5.74) is 1.22. The van der Waals surface area contributed by atoms with E-state index in [1.807, 2.05) is 18.2 Å². The SMILES string of the molecule is CCc1ccc(OCCC(C#N)NC2CC2)c(OC)c1. The van der Waals surface area contributed by atoms with E-state index in [1.54, 1.807) is 7.11 Å². The number of rotatable bonds is 8. The van der Waals surface area contributed by atoms with Crippen molar-refractivity contribution >= 4 is 0 Å². The number of nitrogens with zero attached hydrogens (tertiary/aromatic N) is 1. The van der Waals surface area contributed by atoms with Crippen molar-refractivity contribution in [1.82, 2.24) is 5.32 Å². The highest BCUT2D eigenvalue weighted by Gasteiger charge is 2.24. The van der Waals surface area contributed by atoms with Crippen LogP contribution in [0.2, 0.25) is 0 Å². The maximum Gasteiger partial charge on any atom is 0.161 e. The van der Waals surface area contributed by atoms with Gasteiger partial charge in [0.25, 0.3) is 0 Å². The van der Waals surface area contributed by atoms with Gasteiger partial charge in [-0.25, -0.2) is 0 Å². The summed E-state index contributed by atoms with van der Waals surface area (Å²) in [4.78, 5) is 0. The smallest absolute Gasteiger partial charge is 0.161 e. The predicted octanol–water partition coefficient (Wildman–Crippen LogP) is 2.67. The second kappa shape index (κ2) is 7.16. The maximum atomic E-state index is 9.08. The molecule has 20 heavy (non-hydrogen) atoms. The van der Waals surface area contributed by atoms with Crippen molar-refractivity contribution < 1.29 is 9.47 Å². The summed E-state index contributed by atoms with van der Waals surface area (Å²) < 4.78 is 11.1. The van der Waals surface area contributed by atoms with Gasteiger partial charge >= 0.3 is 0 Å². The molecular formula is C16H22N2O2. The molecule has 0 aromatic heterocycles. The molecule has 1 saturated carbocycles. The molecule has 1 aromatic rings. The van der Waals surface area contributed by atoms with Crippen LogP contribution in [0.1, 0.15) is 31.7 Å². The van der Waals surface area contributed by atoms with Crippen molar-refractivity contribution in [3.8, 4) is 17.6 Å². The van der Waals surface area contributed by atoms with Gasteiger partial charge in [0.2, 0.25) is 0 Å². The first-order valence-electron chi connectivity index (χ1n) is 7.22. The van der Waals surface area contributed by atoms with Crippen molar-refractivity contribution in [3.05, 3.63) is 23.8 Å². The van der Waals surface area contributed by atoms with E-state index in [2.05, 4.69) is 18.3 Å². The summed E-state index contributed by atoms with van der Waals surface area (Å²) in [5, 5.41) is 12.4. The minimum atomic E-state index is -0.122. The lowest BCUT2D eigenvalue weighted by Gasteiger charge is -2.14. The maximum absolute atomic E-state index is 9.08. The van der Waals surface area contributed by atoms with Crippen LogP contribution in [0.5, 0.6) is 11.5 Å². The second-order valence-corrected chi connectivity index (χ2v) is 5.10. The van der Waals surface area contributed by atoms with Crippen LogP contribution in [0.25, 0.3) is 0 Å². The van der Waals surface area contributed by atoms with Gasteiger partial charge in [0.1, 0.15) is 0 Å². The van der Waals surface area contributed by atoms with Crippen LogP contribution in [-0.2, 0) is 6.42 Å². The fourth-order valence-corrected chi connectivity index (χ4v) is 2.06. The molecule has 0 aliphatic heterocycles. The number of hydrogen-bond donors (Lipinski definition) is 1. The molecule has 0 bridgehead atoms. The summed E-state index contributed by atoms with van der Waals surface area (Å²) in [5.74, 6) is 1.50.